The van der Waals surface area contributed by atoms with Crippen LogP contribution in [-0.4, -0.2) is 12.2 Å². The van der Waals surface area contributed by atoms with E-state index in [1.165, 1.54) is 0 Å². The maximum atomic E-state index is 10.0. The van der Waals surface area contributed by atoms with Crippen LogP contribution in [0.4, 0.5) is 0 Å². The van der Waals surface area contributed by atoms with Gasteiger partial charge in [-0.2, -0.15) is 0 Å². The van der Waals surface area contributed by atoms with Crippen molar-refractivity contribution in [1.29, 1.82) is 0 Å². The third-order valence-corrected chi connectivity index (χ3v) is 2.72. The van der Waals surface area contributed by atoms with Gasteiger partial charge in [-0.25, -0.2) is 0 Å². The Morgan fingerprint density at radius 3 is 2.82 bits per heavy atom. The third-order valence-electron chi connectivity index (χ3n) is 2.72. The molecule has 1 N–H and O–H groups in total. The Kier molecular flexibility index (Phi) is 3.49. The van der Waals surface area contributed by atoms with Crippen molar-refractivity contribution in [2.24, 2.45) is 0 Å². The lowest BCUT2D eigenvalue weighted by Crippen LogP contribution is -2.02. The van der Waals surface area contributed by atoms with Gasteiger partial charge in [0.15, 0.2) is 0 Å². The number of aliphatic hydroxyl groups is 1. The molecule has 0 bridgehead atoms. The van der Waals surface area contributed by atoms with Gasteiger partial charge in [-0.1, -0.05) is 17.7 Å². The summed E-state index contributed by atoms with van der Waals surface area (Å²) in [7, 11) is 1.63. The molecular weight excluding hydrogens is 216 g/mol. The van der Waals surface area contributed by atoms with Crippen molar-refractivity contribution in [3.05, 3.63) is 53.5 Å². The van der Waals surface area contributed by atoms with Crippen molar-refractivity contribution in [2.75, 3.05) is 7.11 Å². The minimum atomic E-state index is -0.638. The highest BCUT2D eigenvalue weighted by Gasteiger charge is 2.14. The van der Waals surface area contributed by atoms with Crippen LogP contribution in [-0.2, 0) is 6.42 Å². The molecule has 3 heteroatoms. The van der Waals surface area contributed by atoms with Crippen molar-refractivity contribution in [3.8, 4) is 5.75 Å². The zero-order valence-corrected chi connectivity index (χ0v) is 10.0. The van der Waals surface area contributed by atoms with E-state index in [9.17, 15) is 5.11 Å². The number of hydrogen-bond acceptors (Lipinski definition) is 3. The second kappa shape index (κ2) is 5.06. The number of aliphatic hydroxyl groups excluding tert-OH is 1. The number of ether oxygens (including phenoxy) is 1. The van der Waals surface area contributed by atoms with Crippen LogP contribution in [0.2, 0.25) is 0 Å². The van der Waals surface area contributed by atoms with Crippen LogP contribution in [0.3, 0.4) is 0 Å². The highest BCUT2D eigenvalue weighted by Crippen LogP contribution is 2.26. The molecule has 1 atom stereocenters. The van der Waals surface area contributed by atoms with Gasteiger partial charge in [0.25, 0.3) is 0 Å². The van der Waals surface area contributed by atoms with E-state index in [1.807, 2.05) is 25.1 Å². The number of benzene rings is 1. The number of rotatable bonds is 4. The summed E-state index contributed by atoms with van der Waals surface area (Å²) >= 11 is 0. The minimum Gasteiger partial charge on any atom is -0.496 e. The van der Waals surface area contributed by atoms with Gasteiger partial charge >= 0.3 is 0 Å². The second-order valence-electron chi connectivity index (χ2n) is 4.05. The molecule has 0 amide bonds. The fourth-order valence-corrected chi connectivity index (χ4v) is 1.86. The number of aryl methyl sites for hydroxylation is 1. The first-order valence-electron chi connectivity index (χ1n) is 5.55. The molecule has 3 nitrogen and oxygen atoms in total. The molecule has 0 radical (unpaired) electrons. The SMILES string of the molecule is COc1ccc(C)cc1CC(O)c1ccco1. The van der Waals surface area contributed by atoms with Crippen molar-refractivity contribution < 1.29 is 14.3 Å². The number of methoxy groups -OCH3 is 1. The lowest BCUT2D eigenvalue weighted by Gasteiger charge is -2.12. The average Bonchev–Trinajstić information content (AvgIpc) is 2.83. The van der Waals surface area contributed by atoms with E-state index in [0.29, 0.717) is 12.2 Å². The van der Waals surface area contributed by atoms with Gasteiger partial charge in [-0.15, -0.1) is 0 Å². The fourth-order valence-electron chi connectivity index (χ4n) is 1.86. The van der Waals surface area contributed by atoms with Crippen LogP contribution in [0.15, 0.2) is 41.0 Å². The molecule has 2 aromatic rings. The lowest BCUT2D eigenvalue weighted by atomic mass is 10.0. The minimum absolute atomic E-state index is 0.484. The molecule has 0 aliphatic heterocycles. The summed E-state index contributed by atoms with van der Waals surface area (Å²) in [6.07, 6.45) is 1.41. The molecule has 1 aromatic heterocycles. The van der Waals surface area contributed by atoms with Gasteiger partial charge in [0, 0.05) is 6.42 Å². The van der Waals surface area contributed by atoms with Crippen LogP contribution in [0.25, 0.3) is 0 Å². The van der Waals surface area contributed by atoms with E-state index in [-0.39, 0.29) is 0 Å². The normalized spacial score (nSPS) is 12.4. The van der Waals surface area contributed by atoms with Crippen molar-refractivity contribution in [1.82, 2.24) is 0 Å². The van der Waals surface area contributed by atoms with Gasteiger partial charge < -0.3 is 14.3 Å². The van der Waals surface area contributed by atoms with Crippen LogP contribution >= 0.6 is 0 Å². The Labute approximate surface area is 101 Å². The zero-order valence-electron chi connectivity index (χ0n) is 10.0. The predicted octanol–water partition coefficient (Wildman–Crippen LogP) is 2.87. The van der Waals surface area contributed by atoms with E-state index in [0.717, 1.165) is 16.9 Å². The van der Waals surface area contributed by atoms with E-state index in [1.54, 1.807) is 25.5 Å². The Hall–Kier alpha value is -1.74. The molecule has 1 unspecified atom stereocenters. The Bertz CT molecular complexity index is 474. The average molecular weight is 232 g/mol. The molecule has 1 heterocycles. The molecule has 0 saturated heterocycles. The quantitative estimate of drug-likeness (QED) is 0.881. The van der Waals surface area contributed by atoms with Crippen molar-refractivity contribution in [2.45, 2.75) is 19.4 Å². The molecule has 0 spiro atoms. The Balaban J connectivity index is 2.20. The van der Waals surface area contributed by atoms with Gasteiger partial charge in [0.1, 0.15) is 17.6 Å². The van der Waals surface area contributed by atoms with Crippen LogP contribution in [0.1, 0.15) is 23.0 Å². The number of hydrogen-bond donors (Lipinski definition) is 1. The van der Waals surface area contributed by atoms with Crippen LogP contribution in [0.5, 0.6) is 5.75 Å². The maximum absolute atomic E-state index is 10.0. The van der Waals surface area contributed by atoms with Gasteiger partial charge in [0.05, 0.1) is 13.4 Å². The summed E-state index contributed by atoms with van der Waals surface area (Å²) in [6, 6.07) is 9.46. The maximum Gasteiger partial charge on any atom is 0.132 e. The first-order valence-corrected chi connectivity index (χ1v) is 5.55. The molecular formula is C14H16O3. The largest absolute Gasteiger partial charge is 0.496 e. The van der Waals surface area contributed by atoms with E-state index < -0.39 is 6.10 Å². The summed E-state index contributed by atoms with van der Waals surface area (Å²) < 4.78 is 10.5. The highest BCUT2D eigenvalue weighted by molar-refractivity contribution is 5.37. The summed E-state index contributed by atoms with van der Waals surface area (Å²) in [4.78, 5) is 0. The molecule has 0 aliphatic carbocycles. The molecule has 0 fully saturated rings. The molecule has 0 aliphatic rings. The molecule has 90 valence electrons. The predicted molar refractivity (Wildman–Crippen MR) is 65.1 cm³/mol. The third kappa shape index (κ3) is 2.68. The van der Waals surface area contributed by atoms with Gasteiger partial charge in [-0.3, -0.25) is 0 Å². The van der Waals surface area contributed by atoms with Crippen LogP contribution < -0.4 is 4.74 Å². The first-order chi connectivity index (χ1) is 8.20. The van der Waals surface area contributed by atoms with E-state index in [2.05, 4.69) is 0 Å². The summed E-state index contributed by atoms with van der Waals surface area (Å²) in [5.41, 5.74) is 2.13. The second-order valence-corrected chi connectivity index (χ2v) is 4.05. The van der Waals surface area contributed by atoms with Crippen molar-refractivity contribution in [3.63, 3.8) is 0 Å². The van der Waals surface area contributed by atoms with Crippen molar-refractivity contribution >= 4 is 0 Å². The molecule has 0 saturated carbocycles. The van der Waals surface area contributed by atoms with E-state index >= 15 is 0 Å². The van der Waals surface area contributed by atoms with Gasteiger partial charge in [0.2, 0.25) is 0 Å². The van der Waals surface area contributed by atoms with Crippen LogP contribution in [0, 0.1) is 6.92 Å². The monoisotopic (exact) mass is 232 g/mol. The Morgan fingerprint density at radius 2 is 2.18 bits per heavy atom. The highest BCUT2D eigenvalue weighted by atomic mass is 16.5. The smallest absolute Gasteiger partial charge is 0.132 e. The topological polar surface area (TPSA) is 42.6 Å². The first kappa shape index (κ1) is 11.7. The molecule has 17 heavy (non-hydrogen) atoms. The lowest BCUT2D eigenvalue weighted by molar-refractivity contribution is 0.149. The summed E-state index contributed by atoms with van der Waals surface area (Å²) in [5.74, 6) is 1.37. The fraction of sp³-hybridized carbons (Fsp3) is 0.286. The van der Waals surface area contributed by atoms with Gasteiger partial charge in [-0.05, 0) is 30.7 Å². The summed E-state index contributed by atoms with van der Waals surface area (Å²) in [5, 5.41) is 10.0. The molecule has 2 rings (SSSR count). The van der Waals surface area contributed by atoms with E-state index in [4.69, 9.17) is 9.15 Å². The standard InChI is InChI=1S/C14H16O3/c1-10-5-6-13(16-2)11(8-10)9-12(15)14-4-3-7-17-14/h3-8,12,15H,9H2,1-2H3. The number of furan rings is 1. The zero-order chi connectivity index (χ0) is 12.3. The Morgan fingerprint density at radius 1 is 1.35 bits per heavy atom. The summed E-state index contributed by atoms with van der Waals surface area (Å²) in [6.45, 7) is 2.02. The molecule has 1 aromatic carbocycles.